The van der Waals surface area contributed by atoms with E-state index in [1.165, 1.54) is 12.1 Å². The normalized spacial score (nSPS) is 14.8. The molecule has 0 aromatic heterocycles. The molecule has 0 aliphatic rings. The molecule has 0 fully saturated rings. The summed E-state index contributed by atoms with van der Waals surface area (Å²) in [5.41, 5.74) is -0.386. The van der Waals surface area contributed by atoms with Crippen LogP contribution < -0.4 is 5.32 Å². The van der Waals surface area contributed by atoms with Gasteiger partial charge in [0, 0.05) is 10.0 Å². The molecule has 1 aromatic rings. The summed E-state index contributed by atoms with van der Waals surface area (Å²) in [4.78, 5) is 0. The Hall–Kier alpha value is -0.550. The lowest BCUT2D eigenvalue weighted by Crippen LogP contribution is -2.45. The zero-order valence-electron chi connectivity index (χ0n) is 9.90. The molecule has 0 bridgehead atoms. The number of nitrogens with one attached hydrogen (secondary N) is 1. The number of hydrogen-bond acceptors (Lipinski definition) is 1. The molecule has 1 rings (SSSR count). The van der Waals surface area contributed by atoms with Crippen molar-refractivity contribution < 1.29 is 13.2 Å². The SMILES string of the molecule is CC(C)(C)NC(c1ccc(Br)cc1)C(F)(F)F. The van der Waals surface area contributed by atoms with Crippen LogP contribution in [-0.2, 0) is 0 Å². The fraction of sp³-hybridized carbons (Fsp3) is 0.500. The van der Waals surface area contributed by atoms with Crippen molar-refractivity contribution in [3.8, 4) is 0 Å². The molecule has 0 saturated carbocycles. The number of rotatable bonds is 2. The highest BCUT2D eigenvalue weighted by Crippen LogP contribution is 2.34. The molecule has 0 spiro atoms. The summed E-state index contributed by atoms with van der Waals surface area (Å²) in [5.74, 6) is 0. The second-order valence-electron chi connectivity index (χ2n) is 4.92. The minimum absolute atomic E-state index is 0.218. The van der Waals surface area contributed by atoms with E-state index in [1.54, 1.807) is 32.9 Å². The van der Waals surface area contributed by atoms with Crippen molar-refractivity contribution in [2.75, 3.05) is 0 Å². The molecule has 0 radical (unpaired) electrons. The molecule has 1 unspecified atom stereocenters. The van der Waals surface area contributed by atoms with E-state index in [-0.39, 0.29) is 5.56 Å². The lowest BCUT2D eigenvalue weighted by Gasteiger charge is -2.30. The minimum atomic E-state index is -4.30. The maximum Gasteiger partial charge on any atom is 0.407 e. The van der Waals surface area contributed by atoms with Gasteiger partial charge in [-0.3, -0.25) is 5.32 Å². The van der Waals surface area contributed by atoms with E-state index in [4.69, 9.17) is 0 Å². The average molecular weight is 310 g/mol. The zero-order valence-corrected chi connectivity index (χ0v) is 11.5. The maximum atomic E-state index is 13.0. The fourth-order valence-corrected chi connectivity index (χ4v) is 1.71. The highest BCUT2D eigenvalue weighted by molar-refractivity contribution is 9.10. The number of alkyl halides is 3. The third-order valence-electron chi connectivity index (χ3n) is 2.11. The highest BCUT2D eigenvalue weighted by atomic mass is 79.9. The van der Waals surface area contributed by atoms with Gasteiger partial charge in [0.05, 0.1) is 0 Å². The summed E-state index contributed by atoms with van der Waals surface area (Å²) in [5, 5.41) is 2.59. The molecule has 1 N–H and O–H groups in total. The van der Waals surface area contributed by atoms with Gasteiger partial charge in [-0.1, -0.05) is 28.1 Å². The Balaban J connectivity index is 3.03. The summed E-state index contributed by atoms with van der Waals surface area (Å²) in [6, 6.07) is 4.52. The molecule has 5 heteroatoms. The molecule has 0 amide bonds. The molecule has 0 saturated heterocycles. The van der Waals surface area contributed by atoms with Crippen LogP contribution in [-0.4, -0.2) is 11.7 Å². The third-order valence-corrected chi connectivity index (χ3v) is 2.64. The second kappa shape index (κ2) is 4.98. The van der Waals surface area contributed by atoms with Gasteiger partial charge in [-0.05, 0) is 38.5 Å². The quantitative estimate of drug-likeness (QED) is 0.851. The van der Waals surface area contributed by atoms with Crippen LogP contribution in [0.4, 0.5) is 13.2 Å². The van der Waals surface area contributed by atoms with Gasteiger partial charge in [-0.2, -0.15) is 13.2 Å². The van der Waals surface area contributed by atoms with Crippen molar-refractivity contribution in [2.45, 2.75) is 38.5 Å². The molecule has 0 aliphatic heterocycles. The monoisotopic (exact) mass is 309 g/mol. The summed E-state index contributed by atoms with van der Waals surface area (Å²) in [7, 11) is 0. The van der Waals surface area contributed by atoms with E-state index < -0.39 is 17.8 Å². The van der Waals surface area contributed by atoms with Gasteiger partial charge >= 0.3 is 6.18 Å². The third kappa shape index (κ3) is 4.68. The zero-order chi connectivity index (χ0) is 13.3. The summed E-state index contributed by atoms with van der Waals surface area (Å²) in [6.07, 6.45) is -4.30. The minimum Gasteiger partial charge on any atom is -0.298 e. The van der Waals surface area contributed by atoms with Crippen molar-refractivity contribution in [3.63, 3.8) is 0 Å². The Labute approximate surface area is 108 Å². The maximum absolute atomic E-state index is 13.0. The van der Waals surface area contributed by atoms with Crippen molar-refractivity contribution in [1.29, 1.82) is 0 Å². The predicted octanol–water partition coefficient (Wildman–Crippen LogP) is 4.44. The molecule has 1 aromatic carbocycles. The van der Waals surface area contributed by atoms with Crippen molar-refractivity contribution >= 4 is 15.9 Å². The molecule has 0 aliphatic carbocycles. The van der Waals surface area contributed by atoms with Gasteiger partial charge in [0.1, 0.15) is 6.04 Å². The fourth-order valence-electron chi connectivity index (χ4n) is 1.44. The smallest absolute Gasteiger partial charge is 0.298 e. The first kappa shape index (κ1) is 14.5. The predicted molar refractivity (Wildman–Crippen MR) is 65.8 cm³/mol. The van der Waals surface area contributed by atoms with Crippen LogP contribution in [0.1, 0.15) is 32.4 Å². The molecule has 1 nitrogen and oxygen atoms in total. The van der Waals surface area contributed by atoms with Gasteiger partial charge in [-0.25, -0.2) is 0 Å². The van der Waals surface area contributed by atoms with Crippen LogP contribution in [0.3, 0.4) is 0 Å². The van der Waals surface area contributed by atoms with Crippen LogP contribution in [0.5, 0.6) is 0 Å². The van der Waals surface area contributed by atoms with Crippen LogP contribution in [0.25, 0.3) is 0 Å². The Kier molecular flexibility index (Phi) is 4.25. The van der Waals surface area contributed by atoms with Crippen molar-refractivity contribution in [1.82, 2.24) is 5.32 Å². The van der Waals surface area contributed by atoms with Crippen LogP contribution in [0, 0.1) is 0 Å². The topological polar surface area (TPSA) is 12.0 Å². The molecular weight excluding hydrogens is 295 g/mol. The van der Waals surface area contributed by atoms with Gasteiger partial charge in [0.2, 0.25) is 0 Å². The summed E-state index contributed by atoms with van der Waals surface area (Å²) >= 11 is 3.20. The molecular formula is C12H15BrF3N. The van der Waals surface area contributed by atoms with E-state index in [1.807, 2.05) is 0 Å². The van der Waals surface area contributed by atoms with Gasteiger partial charge in [0.15, 0.2) is 0 Å². The average Bonchev–Trinajstić information content (AvgIpc) is 2.13. The van der Waals surface area contributed by atoms with Gasteiger partial charge in [-0.15, -0.1) is 0 Å². The van der Waals surface area contributed by atoms with E-state index in [0.717, 1.165) is 4.47 Å². The standard InChI is InChI=1S/C12H15BrF3N/c1-11(2,3)17-10(12(14,15)16)8-4-6-9(13)7-5-8/h4-7,10,17H,1-3H3. The first-order valence-corrected chi connectivity index (χ1v) is 5.99. The molecule has 0 heterocycles. The summed E-state index contributed by atoms with van der Waals surface area (Å²) < 4.78 is 39.6. The first-order chi connectivity index (χ1) is 7.59. The van der Waals surface area contributed by atoms with Gasteiger partial charge < -0.3 is 0 Å². The van der Waals surface area contributed by atoms with E-state index in [2.05, 4.69) is 21.2 Å². The Morgan fingerprint density at radius 2 is 1.53 bits per heavy atom. The first-order valence-electron chi connectivity index (χ1n) is 5.19. The Morgan fingerprint density at radius 3 is 1.88 bits per heavy atom. The Bertz CT molecular complexity index is 365. The molecule has 96 valence electrons. The number of hydrogen-bond donors (Lipinski definition) is 1. The lowest BCUT2D eigenvalue weighted by atomic mass is 10.0. The lowest BCUT2D eigenvalue weighted by molar-refractivity contribution is -0.161. The van der Waals surface area contributed by atoms with Crippen molar-refractivity contribution in [3.05, 3.63) is 34.3 Å². The molecule has 1 atom stereocenters. The highest BCUT2D eigenvalue weighted by Gasteiger charge is 2.42. The van der Waals surface area contributed by atoms with E-state index in [0.29, 0.717) is 0 Å². The largest absolute Gasteiger partial charge is 0.407 e. The van der Waals surface area contributed by atoms with Crippen LogP contribution >= 0.6 is 15.9 Å². The summed E-state index contributed by atoms with van der Waals surface area (Å²) in [6.45, 7) is 5.14. The molecule has 17 heavy (non-hydrogen) atoms. The Morgan fingerprint density at radius 1 is 1.06 bits per heavy atom. The van der Waals surface area contributed by atoms with Crippen LogP contribution in [0.15, 0.2) is 28.7 Å². The number of halogens is 4. The van der Waals surface area contributed by atoms with Gasteiger partial charge in [0.25, 0.3) is 0 Å². The van der Waals surface area contributed by atoms with Crippen molar-refractivity contribution in [2.24, 2.45) is 0 Å². The van der Waals surface area contributed by atoms with E-state index >= 15 is 0 Å². The van der Waals surface area contributed by atoms with Crippen LogP contribution in [0.2, 0.25) is 0 Å². The number of benzene rings is 1. The van der Waals surface area contributed by atoms with E-state index in [9.17, 15) is 13.2 Å². The second-order valence-corrected chi connectivity index (χ2v) is 5.84.